The number of carbonyl (C=O) groups excluding carboxylic acids is 4. The lowest BCUT2D eigenvalue weighted by Gasteiger charge is -2.19. The molecule has 0 aliphatic carbocycles. The van der Waals surface area contributed by atoms with Crippen molar-refractivity contribution in [2.75, 3.05) is 19.7 Å². The first-order valence-corrected chi connectivity index (χ1v) is 9.06. The predicted octanol–water partition coefficient (Wildman–Crippen LogP) is 1.80. The Morgan fingerprint density at radius 3 is 2.37 bits per heavy atom. The Kier molecular flexibility index (Phi) is 6.71. The topological polar surface area (TPSA) is 92.8 Å². The zero-order valence-electron chi connectivity index (χ0n) is 16.0. The molecule has 3 amide bonds. The fourth-order valence-electron chi connectivity index (χ4n) is 2.71. The summed E-state index contributed by atoms with van der Waals surface area (Å²) in [5.74, 6) is -1.62. The summed E-state index contributed by atoms with van der Waals surface area (Å²) in [5, 5.41) is 2.65. The highest BCUT2D eigenvalue weighted by Crippen LogP contribution is 2.22. The van der Waals surface area contributed by atoms with Crippen molar-refractivity contribution in [2.45, 2.75) is 45.4 Å². The Hall–Kier alpha value is -2.70. The molecular weight excluding hydrogens is 348 g/mol. The van der Waals surface area contributed by atoms with E-state index in [0.29, 0.717) is 24.9 Å². The van der Waals surface area contributed by atoms with E-state index in [2.05, 4.69) is 26.1 Å². The number of ether oxygens (including phenoxy) is 1. The highest BCUT2D eigenvalue weighted by molar-refractivity contribution is 5.97. The lowest BCUT2D eigenvalue weighted by atomic mass is 9.87. The Morgan fingerprint density at radius 2 is 1.81 bits per heavy atom. The molecule has 7 nitrogen and oxygen atoms in total. The van der Waals surface area contributed by atoms with Gasteiger partial charge in [0.15, 0.2) is 6.61 Å². The quantitative estimate of drug-likeness (QED) is 0.767. The summed E-state index contributed by atoms with van der Waals surface area (Å²) < 4.78 is 4.87. The van der Waals surface area contributed by atoms with Gasteiger partial charge in [0.05, 0.1) is 6.42 Å². The van der Waals surface area contributed by atoms with E-state index in [-0.39, 0.29) is 30.2 Å². The van der Waals surface area contributed by atoms with E-state index in [9.17, 15) is 19.2 Å². The number of nitrogens with zero attached hydrogens (tertiary/aromatic N) is 1. The molecule has 27 heavy (non-hydrogen) atoms. The molecule has 1 aliphatic heterocycles. The summed E-state index contributed by atoms with van der Waals surface area (Å²) in [6, 6.07) is 7.32. The first-order valence-electron chi connectivity index (χ1n) is 9.06. The maximum absolute atomic E-state index is 12.1. The average Bonchev–Trinajstić information content (AvgIpc) is 3.05. The van der Waals surface area contributed by atoms with Crippen molar-refractivity contribution in [3.63, 3.8) is 0 Å². The molecule has 1 aliphatic rings. The van der Waals surface area contributed by atoms with Gasteiger partial charge in [0.1, 0.15) is 0 Å². The number of amides is 3. The van der Waals surface area contributed by atoms with Crippen LogP contribution in [0, 0.1) is 0 Å². The van der Waals surface area contributed by atoms with Crippen molar-refractivity contribution in [1.82, 2.24) is 10.2 Å². The van der Waals surface area contributed by atoms with E-state index in [4.69, 9.17) is 4.74 Å². The summed E-state index contributed by atoms with van der Waals surface area (Å²) in [6.07, 6.45) is 0.941. The number of carbonyl (C=O) groups is 4. The largest absolute Gasteiger partial charge is 0.455 e. The van der Waals surface area contributed by atoms with Gasteiger partial charge in [-0.2, -0.15) is 0 Å². The molecular formula is C20H26N2O5. The first-order chi connectivity index (χ1) is 12.7. The Balaban J connectivity index is 1.70. The molecule has 0 aromatic heterocycles. The summed E-state index contributed by atoms with van der Waals surface area (Å²) in [5.41, 5.74) is 1.65. The minimum Gasteiger partial charge on any atom is -0.455 e. The molecule has 2 rings (SSSR count). The van der Waals surface area contributed by atoms with Gasteiger partial charge in [0, 0.05) is 25.1 Å². The van der Waals surface area contributed by atoms with Crippen LogP contribution in [0.25, 0.3) is 0 Å². The molecule has 1 heterocycles. The van der Waals surface area contributed by atoms with Gasteiger partial charge < -0.3 is 10.1 Å². The van der Waals surface area contributed by atoms with Crippen molar-refractivity contribution in [3.8, 4) is 0 Å². The van der Waals surface area contributed by atoms with E-state index in [1.54, 1.807) is 12.1 Å². The van der Waals surface area contributed by atoms with Crippen LogP contribution in [0.15, 0.2) is 24.3 Å². The number of benzene rings is 1. The molecule has 0 atom stereocenters. The number of likely N-dealkylation sites (tertiary alicyclic amines) is 1. The van der Waals surface area contributed by atoms with Crippen molar-refractivity contribution in [3.05, 3.63) is 35.4 Å². The average molecular weight is 374 g/mol. The SMILES string of the molecule is CC(C)(C)c1ccc(C(=O)NCCC(=O)OCC(=O)N2CCCC2=O)cc1. The van der Waals surface area contributed by atoms with Crippen LogP contribution in [0.3, 0.4) is 0 Å². The van der Waals surface area contributed by atoms with Crippen LogP contribution in [0.2, 0.25) is 0 Å². The third-order valence-corrected chi connectivity index (χ3v) is 4.36. The third kappa shape index (κ3) is 5.91. The Labute approximate surface area is 159 Å². The summed E-state index contributed by atoms with van der Waals surface area (Å²) in [4.78, 5) is 48.1. The van der Waals surface area contributed by atoms with Crippen molar-refractivity contribution in [1.29, 1.82) is 0 Å². The molecule has 7 heteroatoms. The number of hydrogen-bond acceptors (Lipinski definition) is 5. The van der Waals surface area contributed by atoms with Crippen LogP contribution < -0.4 is 5.32 Å². The van der Waals surface area contributed by atoms with Gasteiger partial charge >= 0.3 is 5.97 Å². The number of imide groups is 1. The maximum atomic E-state index is 12.1. The highest BCUT2D eigenvalue weighted by atomic mass is 16.5. The monoisotopic (exact) mass is 374 g/mol. The van der Waals surface area contributed by atoms with Gasteiger partial charge in [-0.1, -0.05) is 32.9 Å². The fraction of sp³-hybridized carbons (Fsp3) is 0.500. The first kappa shape index (κ1) is 20.6. The minimum absolute atomic E-state index is 0.00980. The predicted molar refractivity (Wildman–Crippen MR) is 99.0 cm³/mol. The number of esters is 1. The van der Waals surface area contributed by atoms with Crippen LogP contribution >= 0.6 is 0 Å². The normalized spacial score (nSPS) is 14.2. The van der Waals surface area contributed by atoms with Crippen LogP contribution in [0.5, 0.6) is 0 Å². The molecule has 1 saturated heterocycles. The number of nitrogens with one attached hydrogen (secondary N) is 1. The van der Waals surface area contributed by atoms with Crippen LogP contribution in [-0.4, -0.2) is 48.3 Å². The number of hydrogen-bond donors (Lipinski definition) is 1. The Bertz CT molecular complexity index is 719. The smallest absolute Gasteiger partial charge is 0.308 e. The molecule has 0 bridgehead atoms. The van der Waals surface area contributed by atoms with E-state index >= 15 is 0 Å². The molecule has 1 aromatic rings. The molecule has 1 aromatic carbocycles. The molecule has 0 spiro atoms. The number of rotatable bonds is 6. The summed E-state index contributed by atoms with van der Waals surface area (Å²) in [7, 11) is 0. The van der Waals surface area contributed by atoms with E-state index in [1.807, 2.05) is 12.1 Å². The Morgan fingerprint density at radius 1 is 1.15 bits per heavy atom. The van der Waals surface area contributed by atoms with E-state index < -0.39 is 18.5 Å². The zero-order valence-corrected chi connectivity index (χ0v) is 16.0. The lowest BCUT2D eigenvalue weighted by molar-refractivity contribution is -0.154. The highest BCUT2D eigenvalue weighted by Gasteiger charge is 2.26. The minimum atomic E-state index is -0.599. The van der Waals surface area contributed by atoms with E-state index in [0.717, 1.165) is 10.5 Å². The molecule has 0 radical (unpaired) electrons. The molecule has 0 saturated carbocycles. The fourth-order valence-corrected chi connectivity index (χ4v) is 2.71. The van der Waals surface area contributed by atoms with Crippen LogP contribution in [-0.2, 0) is 24.5 Å². The lowest BCUT2D eigenvalue weighted by Crippen LogP contribution is -2.35. The second kappa shape index (κ2) is 8.79. The second-order valence-electron chi connectivity index (χ2n) is 7.54. The van der Waals surface area contributed by atoms with Gasteiger partial charge in [0.2, 0.25) is 5.91 Å². The molecule has 146 valence electrons. The molecule has 1 N–H and O–H groups in total. The van der Waals surface area contributed by atoms with Crippen LogP contribution in [0.1, 0.15) is 56.0 Å². The van der Waals surface area contributed by atoms with Crippen molar-refractivity contribution < 1.29 is 23.9 Å². The van der Waals surface area contributed by atoms with Crippen LogP contribution in [0.4, 0.5) is 0 Å². The molecule has 0 unspecified atom stereocenters. The van der Waals surface area contributed by atoms with E-state index in [1.165, 1.54) is 0 Å². The molecule has 1 fully saturated rings. The van der Waals surface area contributed by atoms with Crippen molar-refractivity contribution in [2.24, 2.45) is 0 Å². The summed E-state index contributed by atoms with van der Waals surface area (Å²) in [6.45, 7) is 6.32. The second-order valence-corrected chi connectivity index (χ2v) is 7.54. The van der Waals surface area contributed by atoms with Gasteiger partial charge in [-0.3, -0.25) is 24.1 Å². The third-order valence-electron chi connectivity index (χ3n) is 4.36. The van der Waals surface area contributed by atoms with Gasteiger partial charge in [-0.05, 0) is 29.5 Å². The maximum Gasteiger partial charge on any atom is 0.308 e. The van der Waals surface area contributed by atoms with Crippen molar-refractivity contribution >= 4 is 23.7 Å². The standard InChI is InChI=1S/C20H26N2O5/c1-20(2,3)15-8-6-14(7-9-15)19(26)21-11-10-18(25)27-13-17(24)22-12-4-5-16(22)23/h6-9H,4-5,10-13H2,1-3H3,(H,21,26). The van der Waals surface area contributed by atoms with Gasteiger partial charge in [-0.15, -0.1) is 0 Å². The van der Waals surface area contributed by atoms with Gasteiger partial charge in [0.25, 0.3) is 11.8 Å². The van der Waals surface area contributed by atoms with Gasteiger partial charge in [-0.25, -0.2) is 0 Å². The summed E-state index contributed by atoms with van der Waals surface area (Å²) >= 11 is 0. The zero-order chi connectivity index (χ0) is 20.0.